The fourth-order valence-corrected chi connectivity index (χ4v) is 1.24. The number of halogens is 3. The molecule has 0 unspecified atom stereocenters. The Morgan fingerprint density at radius 2 is 1.75 bits per heavy atom. The quantitative estimate of drug-likeness (QED) is 0.640. The van der Waals surface area contributed by atoms with Gasteiger partial charge in [0.25, 0.3) is 0 Å². The molecule has 1 heterocycles. The van der Waals surface area contributed by atoms with Crippen LogP contribution in [0.3, 0.4) is 0 Å². The summed E-state index contributed by atoms with van der Waals surface area (Å²) in [6.07, 6.45) is 6.99. The lowest BCUT2D eigenvalue weighted by Gasteiger charge is -2.07. The van der Waals surface area contributed by atoms with Gasteiger partial charge in [0.1, 0.15) is 0 Å². The minimum Gasteiger partial charge on any atom is -0.368 e. The summed E-state index contributed by atoms with van der Waals surface area (Å²) in [6, 6.07) is 3.89. The molecule has 0 amide bonds. The molecular formula is C11H16Cl3NO. The second kappa shape index (κ2) is 8.91. The standard InChI is InChI=1S/C7H11Cl3O.C4H5N/c1-2-3-4-5-6(11)7(8,9)10;1-2-4-5-3-1/h2-5H2,1H3;1-5H. The van der Waals surface area contributed by atoms with E-state index in [9.17, 15) is 4.79 Å². The van der Waals surface area contributed by atoms with E-state index in [-0.39, 0.29) is 5.78 Å². The number of hydrogen-bond donors (Lipinski definition) is 1. The highest BCUT2D eigenvalue weighted by Gasteiger charge is 2.28. The van der Waals surface area contributed by atoms with Crippen molar-refractivity contribution in [2.75, 3.05) is 0 Å². The summed E-state index contributed by atoms with van der Waals surface area (Å²) in [5.41, 5.74) is 0. The van der Waals surface area contributed by atoms with E-state index in [2.05, 4.69) is 11.9 Å². The summed E-state index contributed by atoms with van der Waals surface area (Å²) in [5, 5.41) is 0. The highest BCUT2D eigenvalue weighted by Crippen LogP contribution is 2.28. The predicted octanol–water partition coefficient (Wildman–Crippen LogP) is 4.52. The van der Waals surface area contributed by atoms with E-state index in [0.717, 1.165) is 19.3 Å². The molecule has 0 aliphatic carbocycles. The SMILES string of the molecule is CCCCCC(=O)C(Cl)(Cl)Cl.c1cc[nH]c1. The highest BCUT2D eigenvalue weighted by atomic mass is 35.6. The highest BCUT2D eigenvalue weighted by molar-refractivity contribution is 6.76. The molecule has 0 saturated carbocycles. The Morgan fingerprint density at radius 3 is 2.06 bits per heavy atom. The van der Waals surface area contributed by atoms with E-state index >= 15 is 0 Å². The van der Waals surface area contributed by atoms with Crippen molar-refractivity contribution in [1.29, 1.82) is 0 Å². The maximum Gasteiger partial charge on any atom is 0.248 e. The van der Waals surface area contributed by atoms with E-state index in [4.69, 9.17) is 34.8 Å². The Labute approximate surface area is 111 Å². The van der Waals surface area contributed by atoms with Crippen LogP contribution in [0.1, 0.15) is 32.6 Å². The Bertz CT molecular complexity index is 250. The molecule has 0 aliphatic rings. The van der Waals surface area contributed by atoms with Crippen LogP contribution in [0, 0.1) is 0 Å². The summed E-state index contributed by atoms with van der Waals surface area (Å²) in [5.74, 6) is -0.309. The largest absolute Gasteiger partial charge is 0.368 e. The average molecular weight is 285 g/mol. The molecule has 1 aromatic rings. The molecule has 0 saturated heterocycles. The molecule has 1 aromatic heterocycles. The summed E-state index contributed by atoms with van der Waals surface area (Å²) in [6.45, 7) is 2.06. The summed E-state index contributed by atoms with van der Waals surface area (Å²) in [4.78, 5) is 13.8. The fourth-order valence-electron chi connectivity index (χ4n) is 0.955. The van der Waals surface area contributed by atoms with Gasteiger partial charge in [-0.25, -0.2) is 0 Å². The first-order chi connectivity index (χ1) is 7.48. The first kappa shape index (κ1) is 15.8. The normalized spacial score (nSPS) is 10.5. The number of ketones is 1. The van der Waals surface area contributed by atoms with Gasteiger partial charge in [0.2, 0.25) is 3.79 Å². The minimum atomic E-state index is -1.71. The number of alkyl halides is 3. The third-order valence-corrected chi connectivity index (χ3v) is 2.45. The van der Waals surface area contributed by atoms with Gasteiger partial charge in [-0.15, -0.1) is 0 Å². The number of H-pyrrole nitrogens is 1. The lowest BCUT2D eigenvalue weighted by atomic mass is 10.1. The van der Waals surface area contributed by atoms with Gasteiger partial charge in [-0.2, -0.15) is 0 Å². The predicted molar refractivity (Wildman–Crippen MR) is 70.2 cm³/mol. The molecule has 1 N–H and O–H groups in total. The Morgan fingerprint density at radius 1 is 1.19 bits per heavy atom. The van der Waals surface area contributed by atoms with Crippen LogP contribution in [0.5, 0.6) is 0 Å². The number of hydrogen-bond acceptors (Lipinski definition) is 1. The van der Waals surface area contributed by atoms with Crippen molar-refractivity contribution >= 4 is 40.6 Å². The molecule has 0 spiro atoms. The van der Waals surface area contributed by atoms with E-state index in [1.165, 1.54) is 0 Å². The van der Waals surface area contributed by atoms with Crippen LogP contribution in [0.2, 0.25) is 0 Å². The number of rotatable bonds is 4. The molecule has 16 heavy (non-hydrogen) atoms. The number of aromatic nitrogens is 1. The van der Waals surface area contributed by atoms with Gasteiger partial charge >= 0.3 is 0 Å². The molecule has 0 bridgehead atoms. The fraction of sp³-hybridized carbons (Fsp3) is 0.545. The van der Waals surface area contributed by atoms with Gasteiger partial charge in [0, 0.05) is 18.8 Å². The Hall–Kier alpha value is -0.180. The van der Waals surface area contributed by atoms with Gasteiger partial charge in [0.05, 0.1) is 0 Å². The smallest absolute Gasteiger partial charge is 0.248 e. The summed E-state index contributed by atoms with van der Waals surface area (Å²) in [7, 11) is 0. The zero-order valence-electron chi connectivity index (χ0n) is 9.18. The maximum absolute atomic E-state index is 10.9. The van der Waals surface area contributed by atoms with Gasteiger partial charge in [-0.3, -0.25) is 4.79 Å². The first-order valence-corrected chi connectivity index (χ1v) is 6.29. The van der Waals surface area contributed by atoms with Crippen LogP contribution in [-0.4, -0.2) is 14.6 Å². The Kier molecular flexibility index (Phi) is 8.81. The maximum atomic E-state index is 10.9. The van der Waals surface area contributed by atoms with Crippen molar-refractivity contribution in [2.45, 2.75) is 36.4 Å². The molecule has 1 rings (SSSR count). The number of nitrogens with one attached hydrogen (secondary N) is 1. The van der Waals surface area contributed by atoms with Crippen molar-refractivity contribution in [3.63, 3.8) is 0 Å². The third-order valence-electron chi connectivity index (χ3n) is 1.82. The number of unbranched alkanes of at least 4 members (excludes halogenated alkanes) is 2. The second-order valence-electron chi connectivity index (χ2n) is 3.26. The minimum absolute atomic E-state index is 0.309. The zero-order chi connectivity index (χ0) is 12.4. The Balaban J connectivity index is 0.000000368. The van der Waals surface area contributed by atoms with Gasteiger partial charge in [-0.1, -0.05) is 54.6 Å². The van der Waals surface area contributed by atoms with Crippen LogP contribution in [0.4, 0.5) is 0 Å². The van der Waals surface area contributed by atoms with Gasteiger partial charge in [0.15, 0.2) is 5.78 Å². The van der Waals surface area contributed by atoms with Crippen LogP contribution in [0.15, 0.2) is 24.5 Å². The average Bonchev–Trinajstić information content (AvgIpc) is 2.74. The van der Waals surface area contributed by atoms with E-state index in [1.54, 1.807) is 0 Å². The summed E-state index contributed by atoms with van der Waals surface area (Å²) < 4.78 is -1.71. The molecule has 0 atom stereocenters. The van der Waals surface area contributed by atoms with E-state index in [1.807, 2.05) is 24.5 Å². The van der Waals surface area contributed by atoms with Crippen molar-refractivity contribution < 1.29 is 4.79 Å². The number of carbonyl (C=O) groups excluding carboxylic acids is 1. The first-order valence-electron chi connectivity index (χ1n) is 5.16. The van der Waals surface area contributed by atoms with Crippen LogP contribution >= 0.6 is 34.8 Å². The van der Waals surface area contributed by atoms with E-state index in [0.29, 0.717) is 6.42 Å². The molecule has 0 radical (unpaired) electrons. The van der Waals surface area contributed by atoms with Crippen LogP contribution < -0.4 is 0 Å². The molecule has 92 valence electrons. The van der Waals surface area contributed by atoms with Crippen molar-refractivity contribution in [3.05, 3.63) is 24.5 Å². The topological polar surface area (TPSA) is 32.9 Å². The lowest BCUT2D eigenvalue weighted by Crippen LogP contribution is -2.18. The third kappa shape index (κ3) is 9.08. The second-order valence-corrected chi connectivity index (χ2v) is 5.54. The van der Waals surface area contributed by atoms with Crippen LogP contribution in [-0.2, 0) is 4.79 Å². The van der Waals surface area contributed by atoms with Gasteiger partial charge in [-0.05, 0) is 18.6 Å². The van der Waals surface area contributed by atoms with Crippen LogP contribution in [0.25, 0.3) is 0 Å². The van der Waals surface area contributed by atoms with Crippen molar-refractivity contribution in [3.8, 4) is 0 Å². The molecule has 2 nitrogen and oxygen atoms in total. The molecule has 5 heteroatoms. The van der Waals surface area contributed by atoms with E-state index < -0.39 is 3.79 Å². The van der Waals surface area contributed by atoms with Crippen molar-refractivity contribution in [2.24, 2.45) is 0 Å². The molecular weight excluding hydrogens is 268 g/mol. The van der Waals surface area contributed by atoms with Gasteiger partial charge < -0.3 is 4.98 Å². The number of Topliss-reactive ketones (excluding diaryl/α,β-unsaturated/α-hetero) is 1. The molecule has 0 aromatic carbocycles. The zero-order valence-corrected chi connectivity index (χ0v) is 11.4. The summed E-state index contributed by atoms with van der Waals surface area (Å²) >= 11 is 16.0. The molecule has 0 aliphatic heterocycles. The number of carbonyl (C=O) groups is 1. The monoisotopic (exact) mass is 283 g/mol. The van der Waals surface area contributed by atoms with Crippen molar-refractivity contribution in [1.82, 2.24) is 4.98 Å². The lowest BCUT2D eigenvalue weighted by molar-refractivity contribution is -0.118. The molecule has 0 fully saturated rings. The number of aromatic amines is 1.